The third-order valence-electron chi connectivity index (χ3n) is 6.87. The highest BCUT2D eigenvalue weighted by molar-refractivity contribution is 5.89. The van der Waals surface area contributed by atoms with Gasteiger partial charge in [-0.3, -0.25) is 24.0 Å². The summed E-state index contributed by atoms with van der Waals surface area (Å²) < 4.78 is 11.1. The highest BCUT2D eigenvalue weighted by Gasteiger charge is 2.48. The van der Waals surface area contributed by atoms with Crippen LogP contribution in [0.4, 0.5) is 0 Å². The molecular formula is C29H42N4O9. The predicted molar refractivity (Wildman–Crippen MR) is 151 cm³/mol. The number of amides is 3. The van der Waals surface area contributed by atoms with E-state index in [0.29, 0.717) is 5.56 Å². The first kappa shape index (κ1) is 34.2. The van der Waals surface area contributed by atoms with E-state index in [2.05, 4.69) is 10.6 Å². The van der Waals surface area contributed by atoms with Crippen LogP contribution in [-0.4, -0.2) is 89.1 Å². The molecule has 0 aromatic heterocycles. The molecule has 1 aromatic carbocycles. The Morgan fingerprint density at radius 1 is 1.07 bits per heavy atom. The number of carbonyl (C=O) groups is 6. The van der Waals surface area contributed by atoms with E-state index in [1.54, 1.807) is 58.0 Å². The summed E-state index contributed by atoms with van der Waals surface area (Å²) in [6.07, 6.45) is -2.89. The topological polar surface area (TPSA) is 194 Å². The molecule has 1 aromatic rings. The van der Waals surface area contributed by atoms with Crippen molar-refractivity contribution in [3.05, 3.63) is 35.9 Å². The molecule has 1 fully saturated rings. The zero-order valence-electron chi connectivity index (χ0n) is 24.7. The number of hydrogen-bond acceptors (Lipinski definition) is 9. The average Bonchev–Trinajstić information content (AvgIpc) is 3.32. The number of rotatable bonds is 14. The van der Waals surface area contributed by atoms with Crippen molar-refractivity contribution in [1.82, 2.24) is 15.5 Å². The Morgan fingerprint density at radius 3 is 2.26 bits per heavy atom. The maximum atomic E-state index is 13.6. The normalized spacial score (nSPS) is 18.6. The first-order chi connectivity index (χ1) is 19.7. The molecule has 13 nitrogen and oxygen atoms in total. The third kappa shape index (κ3) is 10.1. The summed E-state index contributed by atoms with van der Waals surface area (Å²) in [4.78, 5) is 76.5. The lowest BCUT2D eigenvalue weighted by atomic mass is 9.99. The van der Waals surface area contributed by atoms with Crippen LogP contribution in [-0.2, 0) is 44.7 Å². The van der Waals surface area contributed by atoms with Crippen molar-refractivity contribution >= 4 is 35.6 Å². The second kappa shape index (κ2) is 15.9. The molecule has 0 saturated carbocycles. The first-order valence-electron chi connectivity index (χ1n) is 14.0. The Bertz CT molecular complexity index is 1130. The Kier molecular flexibility index (Phi) is 12.9. The molecule has 1 aliphatic rings. The van der Waals surface area contributed by atoms with E-state index < -0.39 is 66.5 Å². The number of likely N-dealkylation sites (tertiary alicyclic amines) is 1. The number of carboxylic acids is 1. The Balaban J connectivity index is 2.38. The van der Waals surface area contributed by atoms with Crippen LogP contribution >= 0.6 is 0 Å². The molecule has 5 N–H and O–H groups in total. The van der Waals surface area contributed by atoms with Crippen LogP contribution < -0.4 is 16.4 Å². The smallest absolute Gasteiger partial charge is 0.329 e. The molecule has 0 spiro atoms. The van der Waals surface area contributed by atoms with Crippen LogP contribution in [0.1, 0.15) is 53.0 Å². The summed E-state index contributed by atoms with van der Waals surface area (Å²) in [5, 5.41) is 14.7. The molecule has 5 unspecified atom stereocenters. The third-order valence-corrected chi connectivity index (χ3v) is 6.87. The van der Waals surface area contributed by atoms with E-state index in [-0.39, 0.29) is 43.7 Å². The van der Waals surface area contributed by atoms with E-state index in [9.17, 15) is 33.9 Å². The maximum Gasteiger partial charge on any atom is 0.329 e. The molecule has 1 aliphatic heterocycles. The van der Waals surface area contributed by atoms with Crippen molar-refractivity contribution in [3.8, 4) is 0 Å². The van der Waals surface area contributed by atoms with Crippen LogP contribution in [0.3, 0.4) is 0 Å². The van der Waals surface area contributed by atoms with Gasteiger partial charge in [-0.1, -0.05) is 58.0 Å². The van der Waals surface area contributed by atoms with E-state index >= 15 is 0 Å². The van der Waals surface area contributed by atoms with Gasteiger partial charge in [-0.25, -0.2) is 4.79 Å². The van der Waals surface area contributed by atoms with Gasteiger partial charge in [0.15, 0.2) is 0 Å². The number of hydrogen-bond donors (Lipinski definition) is 4. The van der Waals surface area contributed by atoms with Crippen molar-refractivity contribution in [2.45, 2.75) is 84.2 Å². The molecule has 0 bridgehead atoms. The van der Waals surface area contributed by atoms with Gasteiger partial charge in [0.2, 0.25) is 17.7 Å². The number of carbonyl (C=O) groups excluding carboxylic acids is 5. The highest BCUT2D eigenvalue weighted by Crippen LogP contribution is 2.29. The minimum atomic E-state index is -1.43. The van der Waals surface area contributed by atoms with Gasteiger partial charge < -0.3 is 35.8 Å². The minimum absolute atomic E-state index is 0.00222. The van der Waals surface area contributed by atoms with Crippen molar-refractivity contribution in [1.29, 1.82) is 0 Å². The molecule has 13 heteroatoms. The van der Waals surface area contributed by atoms with Crippen LogP contribution in [0.15, 0.2) is 30.3 Å². The number of nitrogens with one attached hydrogen (secondary N) is 2. The van der Waals surface area contributed by atoms with E-state index in [4.69, 9.17) is 15.2 Å². The first-order valence-corrected chi connectivity index (χ1v) is 14.0. The Morgan fingerprint density at radius 2 is 1.71 bits per heavy atom. The van der Waals surface area contributed by atoms with Crippen molar-refractivity contribution in [2.75, 3.05) is 13.1 Å². The lowest BCUT2D eigenvalue weighted by Gasteiger charge is -2.35. The predicted octanol–water partition coefficient (Wildman–Crippen LogP) is 0.389. The van der Waals surface area contributed by atoms with Crippen LogP contribution in [0, 0.1) is 11.8 Å². The van der Waals surface area contributed by atoms with Crippen molar-refractivity contribution < 1.29 is 43.3 Å². The second-order valence-electron chi connectivity index (χ2n) is 11.0. The summed E-state index contributed by atoms with van der Waals surface area (Å²) in [6, 6.07) is 5.45. The van der Waals surface area contributed by atoms with Crippen LogP contribution in [0.5, 0.6) is 0 Å². The average molecular weight is 591 g/mol. The van der Waals surface area contributed by atoms with Crippen LogP contribution in [0.2, 0.25) is 0 Å². The molecular weight excluding hydrogens is 548 g/mol. The van der Waals surface area contributed by atoms with Gasteiger partial charge in [0, 0.05) is 32.2 Å². The molecule has 0 aliphatic carbocycles. The summed E-state index contributed by atoms with van der Waals surface area (Å²) in [6.45, 7) is 7.75. The minimum Gasteiger partial charge on any atom is -0.481 e. The molecule has 2 rings (SSSR count). The monoisotopic (exact) mass is 590 g/mol. The van der Waals surface area contributed by atoms with Crippen LogP contribution in [0.25, 0.3) is 0 Å². The highest BCUT2D eigenvalue weighted by atomic mass is 16.6. The van der Waals surface area contributed by atoms with Gasteiger partial charge in [-0.15, -0.1) is 0 Å². The fourth-order valence-electron chi connectivity index (χ4n) is 4.60. The molecule has 1 heterocycles. The number of ether oxygens (including phenoxy) is 2. The SMILES string of the molecule is CC(=O)OC1CCN(C(=O)C(N)C(C)C)C1C(CC(=O)O)OC(=O)C(Cc1ccccc1)NC(=O)CNC(=O)C(C)C. The number of esters is 2. The Hall–Kier alpha value is -4.00. The number of benzene rings is 1. The second-order valence-corrected chi connectivity index (χ2v) is 11.0. The largest absolute Gasteiger partial charge is 0.481 e. The van der Waals surface area contributed by atoms with Gasteiger partial charge in [0.25, 0.3) is 0 Å². The molecule has 232 valence electrons. The molecule has 3 amide bonds. The van der Waals surface area contributed by atoms with Gasteiger partial charge in [-0.05, 0) is 11.5 Å². The fraction of sp³-hybridized carbons (Fsp3) is 0.586. The molecule has 42 heavy (non-hydrogen) atoms. The molecule has 0 radical (unpaired) electrons. The lowest BCUT2D eigenvalue weighted by molar-refractivity contribution is -0.167. The summed E-state index contributed by atoms with van der Waals surface area (Å²) in [5.41, 5.74) is 6.79. The van der Waals surface area contributed by atoms with E-state index in [1.165, 1.54) is 11.8 Å². The summed E-state index contributed by atoms with van der Waals surface area (Å²) >= 11 is 0. The molecule has 1 saturated heterocycles. The number of carboxylic acid groups (broad SMARTS) is 1. The quantitative estimate of drug-likeness (QED) is 0.220. The number of aliphatic carboxylic acids is 1. The Labute approximate surface area is 245 Å². The van der Waals surface area contributed by atoms with E-state index in [1.807, 2.05) is 0 Å². The zero-order chi connectivity index (χ0) is 31.6. The fourth-order valence-corrected chi connectivity index (χ4v) is 4.60. The number of nitrogens with two attached hydrogens (primary N) is 1. The molecule has 5 atom stereocenters. The van der Waals surface area contributed by atoms with E-state index in [0.717, 1.165) is 0 Å². The van der Waals surface area contributed by atoms with Gasteiger partial charge in [0.05, 0.1) is 19.0 Å². The van der Waals surface area contributed by atoms with Gasteiger partial charge in [0.1, 0.15) is 24.3 Å². The van der Waals surface area contributed by atoms with Crippen molar-refractivity contribution in [2.24, 2.45) is 17.6 Å². The number of nitrogens with zero attached hydrogens (tertiary/aromatic N) is 1. The van der Waals surface area contributed by atoms with Gasteiger partial charge >= 0.3 is 17.9 Å². The van der Waals surface area contributed by atoms with Crippen molar-refractivity contribution in [3.63, 3.8) is 0 Å². The lowest BCUT2D eigenvalue weighted by Crippen LogP contribution is -2.56. The van der Waals surface area contributed by atoms with Gasteiger partial charge in [-0.2, -0.15) is 0 Å². The summed E-state index contributed by atoms with van der Waals surface area (Å²) in [5.74, 6) is -5.02. The maximum absolute atomic E-state index is 13.6. The zero-order valence-corrected chi connectivity index (χ0v) is 24.7. The summed E-state index contributed by atoms with van der Waals surface area (Å²) in [7, 11) is 0. The standard InChI is InChI=1S/C29H42N4O9/c1-16(2)25(30)28(39)33-12-11-21(41-18(5)34)26(33)22(14-24(36)37)42-29(40)20(13-19-9-7-6-8-10-19)32-23(35)15-31-27(38)17(3)4/h6-10,16-17,20-22,25-26H,11-15,30H2,1-5H3,(H,31,38)(H,32,35)(H,36,37).